The van der Waals surface area contributed by atoms with Crippen LogP contribution in [-0.4, -0.2) is 17.6 Å². The monoisotopic (exact) mass is 235 g/mol. The normalized spacial score (nSPS) is 15.8. The van der Waals surface area contributed by atoms with E-state index >= 15 is 0 Å². The van der Waals surface area contributed by atoms with Crippen molar-refractivity contribution in [2.75, 3.05) is 6.61 Å². The zero-order chi connectivity index (χ0) is 12.3. The molecule has 0 aromatic carbocycles. The van der Waals surface area contributed by atoms with Gasteiger partial charge < -0.3 is 4.74 Å². The molecule has 2 rings (SSSR count). The van der Waals surface area contributed by atoms with E-state index in [0.717, 1.165) is 18.4 Å². The van der Waals surface area contributed by atoms with E-state index in [2.05, 4.69) is 4.98 Å². The van der Waals surface area contributed by atoms with E-state index in [-0.39, 0.29) is 5.97 Å². The van der Waals surface area contributed by atoms with Crippen molar-refractivity contribution in [2.24, 2.45) is 5.92 Å². The minimum Gasteiger partial charge on any atom is -0.463 e. The molecule has 1 fully saturated rings. The number of allylic oxidation sites excluding steroid dienone is 1. The van der Waals surface area contributed by atoms with E-state index in [4.69, 9.17) is 4.74 Å². The molecule has 1 aliphatic rings. The number of carbonyl (C=O) groups excluding carboxylic acids is 1. The van der Waals surface area contributed by atoms with Crippen LogP contribution in [0.15, 0.2) is 24.3 Å². The highest BCUT2D eigenvalue weighted by atomic mass is 19.1. The maximum absolute atomic E-state index is 13.0. The van der Waals surface area contributed by atoms with E-state index in [0.29, 0.717) is 18.2 Å². The fourth-order valence-corrected chi connectivity index (χ4v) is 1.68. The maximum Gasteiger partial charge on any atom is 0.331 e. The fraction of sp³-hybridized carbons (Fsp3) is 0.385. The highest BCUT2D eigenvalue weighted by Crippen LogP contribution is 2.41. The summed E-state index contributed by atoms with van der Waals surface area (Å²) in [5, 5.41) is 0. The first kappa shape index (κ1) is 11.8. The molecule has 0 unspecified atom stereocenters. The zero-order valence-corrected chi connectivity index (χ0v) is 9.65. The molecule has 0 aliphatic heterocycles. The van der Waals surface area contributed by atoms with Gasteiger partial charge in [-0.2, -0.15) is 4.39 Å². The first-order valence-electron chi connectivity index (χ1n) is 5.72. The Morgan fingerprint density at radius 3 is 2.94 bits per heavy atom. The molecule has 1 aromatic rings. The lowest BCUT2D eigenvalue weighted by Gasteiger charge is -2.05. The van der Waals surface area contributed by atoms with Crippen molar-refractivity contribution in [1.29, 1.82) is 0 Å². The van der Waals surface area contributed by atoms with Crippen LogP contribution < -0.4 is 0 Å². The van der Waals surface area contributed by atoms with Gasteiger partial charge in [0.2, 0.25) is 5.95 Å². The number of esters is 1. The van der Waals surface area contributed by atoms with Gasteiger partial charge in [0.25, 0.3) is 0 Å². The summed E-state index contributed by atoms with van der Waals surface area (Å²) in [7, 11) is 0. The quantitative estimate of drug-likeness (QED) is 0.457. The van der Waals surface area contributed by atoms with Crippen molar-refractivity contribution in [3.8, 4) is 0 Å². The Morgan fingerprint density at radius 2 is 2.35 bits per heavy atom. The highest BCUT2D eigenvalue weighted by Gasteiger charge is 2.28. The number of hydrogen-bond donors (Lipinski definition) is 0. The molecule has 1 heterocycles. The molecule has 0 N–H and O–H groups in total. The Kier molecular flexibility index (Phi) is 3.52. The van der Waals surface area contributed by atoms with Gasteiger partial charge in [-0.3, -0.25) is 0 Å². The van der Waals surface area contributed by atoms with Crippen molar-refractivity contribution in [2.45, 2.75) is 19.8 Å². The summed E-state index contributed by atoms with van der Waals surface area (Å²) in [6.07, 6.45) is 3.47. The summed E-state index contributed by atoms with van der Waals surface area (Å²) in [6.45, 7) is 2.09. The summed E-state index contributed by atoms with van der Waals surface area (Å²) in [6, 6.07) is 4.60. The molecule has 4 heteroatoms. The summed E-state index contributed by atoms with van der Waals surface area (Å²) in [5.41, 5.74) is 1.31. The maximum atomic E-state index is 13.0. The Labute approximate surface area is 99.3 Å². The molecule has 1 saturated carbocycles. The van der Waals surface area contributed by atoms with Gasteiger partial charge in [0.05, 0.1) is 12.3 Å². The molecular formula is C13H14FNO2. The predicted octanol–water partition coefficient (Wildman–Crippen LogP) is 2.58. The molecule has 0 spiro atoms. The average molecular weight is 235 g/mol. The third-order valence-corrected chi connectivity index (χ3v) is 2.59. The number of carbonyl (C=O) groups is 1. The smallest absolute Gasteiger partial charge is 0.331 e. The Balaban J connectivity index is 2.26. The molecule has 1 aliphatic carbocycles. The van der Waals surface area contributed by atoms with Gasteiger partial charge >= 0.3 is 5.97 Å². The summed E-state index contributed by atoms with van der Waals surface area (Å²) >= 11 is 0. The van der Waals surface area contributed by atoms with Gasteiger partial charge in [-0.05, 0) is 43.4 Å². The van der Waals surface area contributed by atoms with Crippen LogP contribution in [0.3, 0.4) is 0 Å². The fourth-order valence-electron chi connectivity index (χ4n) is 1.68. The third-order valence-electron chi connectivity index (χ3n) is 2.59. The van der Waals surface area contributed by atoms with Gasteiger partial charge in [-0.15, -0.1) is 0 Å². The van der Waals surface area contributed by atoms with Crippen LogP contribution in [0.1, 0.15) is 25.5 Å². The number of pyridine rings is 1. The lowest BCUT2D eigenvalue weighted by atomic mass is 10.1. The van der Waals surface area contributed by atoms with Crippen LogP contribution in [0.4, 0.5) is 4.39 Å². The van der Waals surface area contributed by atoms with Crippen LogP contribution in [0.2, 0.25) is 0 Å². The largest absolute Gasteiger partial charge is 0.463 e. The van der Waals surface area contributed by atoms with Crippen molar-refractivity contribution in [3.63, 3.8) is 0 Å². The molecule has 0 atom stereocenters. The van der Waals surface area contributed by atoms with Crippen LogP contribution >= 0.6 is 0 Å². The number of rotatable bonds is 4. The lowest BCUT2D eigenvalue weighted by Crippen LogP contribution is -2.03. The first-order chi connectivity index (χ1) is 8.20. The first-order valence-corrected chi connectivity index (χ1v) is 5.72. The van der Waals surface area contributed by atoms with Gasteiger partial charge in [0.1, 0.15) is 0 Å². The van der Waals surface area contributed by atoms with Crippen LogP contribution in [0, 0.1) is 11.9 Å². The van der Waals surface area contributed by atoms with E-state index in [1.165, 1.54) is 12.1 Å². The molecule has 0 saturated heterocycles. The van der Waals surface area contributed by atoms with Gasteiger partial charge in [0, 0.05) is 6.08 Å². The Bertz CT molecular complexity index is 452. The molecule has 1 aromatic heterocycles. The van der Waals surface area contributed by atoms with E-state index < -0.39 is 5.95 Å². The van der Waals surface area contributed by atoms with E-state index in [1.807, 2.05) is 0 Å². The lowest BCUT2D eigenvalue weighted by molar-refractivity contribution is -0.137. The van der Waals surface area contributed by atoms with Gasteiger partial charge in [-0.25, -0.2) is 9.78 Å². The molecule has 3 nitrogen and oxygen atoms in total. The SMILES string of the molecule is CCOC(=O)C=C(c1cccc(F)n1)C1CC1. The molecule has 90 valence electrons. The average Bonchev–Trinajstić information content (AvgIpc) is 3.10. The number of aromatic nitrogens is 1. The Morgan fingerprint density at radius 1 is 1.59 bits per heavy atom. The van der Waals surface area contributed by atoms with Gasteiger partial charge in [-0.1, -0.05) is 6.07 Å². The summed E-state index contributed by atoms with van der Waals surface area (Å²) in [5.74, 6) is -0.605. The van der Waals surface area contributed by atoms with Gasteiger partial charge in [0.15, 0.2) is 0 Å². The van der Waals surface area contributed by atoms with E-state index in [1.54, 1.807) is 19.1 Å². The van der Waals surface area contributed by atoms with Crippen LogP contribution in [0.25, 0.3) is 5.57 Å². The van der Waals surface area contributed by atoms with E-state index in [9.17, 15) is 9.18 Å². The second kappa shape index (κ2) is 5.08. The molecular weight excluding hydrogens is 221 g/mol. The second-order valence-corrected chi connectivity index (χ2v) is 3.97. The molecule has 0 radical (unpaired) electrons. The molecule has 17 heavy (non-hydrogen) atoms. The van der Waals surface area contributed by atoms with Crippen LogP contribution in [-0.2, 0) is 9.53 Å². The second-order valence-electron chi connectivity index (χ2n) is 3.97. The van der Waals surface area contributed by atoms with Crippen molar-refractivity contribution >= 4 is 11.5 Å². The standard InChI is InChI=1S/C13H14FNO2/c1-2-17-13(16)8-10(9-6-7-9)11-4-3-5-12(14)15-11/h3-5,8-9H,2,6-7H2,1H3. The highest BCUT2D eigenvalue weighted by molar-refractivity contribution is 5.91. The topological polar surface area (TPSA) is 39.2 Å². The van der Waals surface area contributed by atoms with Crippen molar-refractivity contribution in [1.82, 2.24) is 4.98 Å². The number of ether oxygens (including phenoxy) is 1. The number of nitrogens with zero attached hydrogens (tertiary/aromatic N) is 1. The Hall–Kier alpha value is -1.71. The summed E-state index contributed by atoms with van der Waals surface area (Å²) in [4.78, 5) is 15.2. The summed E-state index contributed by atoms with van der Waals surface area (Å²) < 4.78 is 17.9. The predicted molar refractivity (Wildman–Crippen MR) is 61.5 cm³/mol. The third kappa shape index (κ3) is 3.12. The van der Waals surface area contributed by atoms with Crippen molar-refractivity contribution < 1.29 is 13.9 Å². The minimum atomic E-state index is -0.530. The number of halogens is 1. The minimum absolute atomic E-state index is 0.314. The van der Waals surface area contributed by atoms with Crippen molar-refractivity contribution in [3.05, 3.63) is 35.9 Å². The van der Waals surface area contributed by atoms with Crippen LogP contribution in [0.5, 0.6) is 0 Å². The zero-order valence-electron chi connectivity index (χ0n) is 9.65. The number of hydrogen-bond acceptors (Lipinski definition) is 3. The molecule has 0 amide bonds. The molecule has 0 bridgehead atoms.